The number of rotatable bonds is 1. The van der Waals surface area contributed by atoms with E-state index in [9.17, 15) is 0 Å². The van der Waals surface area contributed by atoms with Crippen molar-refractivity contribution in [3.8, 4) is 0 Å². The van der Waals surface area contributed by atoms with E-state index in [-0.39, 0.29) is 0 Å². The summed E-state index contributed by atoms with van der Waals surface area (Å²) in [5.74, 6) is 0. The van der Waals surface area contributed by atoms with Crippen LogP contribution in [0.1, 0.15) is 5.56 Å². The van der Waals surface area contributed by atoms with Crippen molar-refractivity contribution in [1.82, 2.24) is 0 Å². The van der Waals surface area contributed by atoms with E-state index in [4.69, 9.17) is 5.73 Å². The van der Waals surface area contributed by atoms with Crippen molar-refractivity contribution in [3.05, 3.63) is 60.7 Å². The second-order valence-corrected chi connectivity index (χ2v) is 4.19. The molecule has 0 amide bonds. The summed E-state index contributed by atoms with van der Waals surface area (Å²) in [5.41, 5.74) is 7.95. The maximum absolute atomic E-state index is 6.15. The van der Waals surface area contributed by atoms with E-state index in [1.165, 1.54) is 16.2 Å². The summed E-state index contributed by atoms with van der Waals surface area (Å²) in [4.78, 5) is 0. The molecule has 0 saturated heterocycles. The summed E-state index contributed by atoms with van der Waals surface area (Å²) in [6, 6.07) is 16.7. The van der Waals surface area contributed by atoms with Crippen molar-refractivity contribution < 1.29 is 0 Å². The lowest BCUT2D eigenvalue weighted by molar-refractivity contribution is 1.70. The monoisotopic (exact) mass is 219 g/mol. The Kier molecular flexibility index (Phi) is 2.12. The molecule has 0 spiro atoms. The third kappa shape index (κ3) is 1.48. The largest absolute Gasteiger partial charge is 0.398 e. The van der Waals surface area contributed by atoms with Crippen LogP contribution in [0.15, 0.2) is 55.1 Å². The average molecular weight is 219 g/mol. The Bertz CT molecular complexity index is 726. The fourth-order valence-electron chi connectivity index (χ4n) is 2.23. The first-order valence-corrected chi connectivity index (χ1v) is 5.63. The molecule has 0 aliphatic rings. The minimum Gasteiger partial charge on any atom is -0.398 e. The van der Waals surface area contributed by atoms with Gasteiger partial charge in [-0.2, -0.15) is 0 Å². The average Bonchev–Trinajstić information content (AvgIpc) is 2.37. The number of hydrogen-bond donors (Lipinski definition) is 1. The maximum atomic E-state index is 6.15. The molecular formula is C16H13N. The second-order valence-electron chi connectivity index (χ2n) is 4.19. The van der Waals surface area contributed by atoms with Gasteiger partial charge in [-0.3, -0.25) is 0 Å². The first-order chi connectivity index (χ1) is 8.29. The Morgan fingerprint density at radius 1 is 0.882 bits per heavy atom. The van der Waals surface area contributed by atoms with Gasteiger partial charge in [0.1, 0.15) is 0 Å². The lowest BCUT2D eigenvalue weighted by Gasteiger charge is -2.07. The first kappa shape index (κ1) is 9.91. The highest BCUT2D eigenvalue weighted by molar-refractivity contribution is 6.05. The van der Waals surface area contributed by atoms with Gasteiger partial charge in [-0.15, -0.1) is 0 Å². The molecule has 17 heavy (non-hydrogen) atoms. The van der Waals surface area contributed by atoms with Crippen LogP contribution in [0.2, 0.25) is 0 Å². The molecule has 0 aliphatic carbocycles. The summed E-state index contributed by atoms with van der Waals surface area (Å²) in [6.07, 6.45) is 1.80. The van der Waals surface area contributed by atoms with E-state index in [0.717, 1.165) is 16.6 Å². The zero-order valence-corrected chi connectivity index (χ0v) is 9.48. The Hall–Kier alpha value is -2.28. The van der Waals surface area contributed by atoms with Crippen molar-refractivity contribution in [2.24, 2.45) is 0 Å². The molecule has 3 aromatic rings. The molecule has 0 radical (unpaired) electrons. The third-order valence-electron chi connectivity index (χ3n) is 3.18. The molecule has 0 unspecified atom stereocenters. The van der Waals surface area contributed by atoms with Gasteiger partial charge in [0.05, 0.1) is 0 Å². The van der Waals surface area contributed by atoms with E-state index in [1.807, 2.05) is 12.1 Å². The maximum Gasteiger partial charge on any atom is 0.0467 e. The van der Waals surface area contributed by atoms with Crippen LogP contribution >= 0.6 is 0 Å². The lowest BCUT2D eigenvalue weighted by atomic mass is 10.00. The van der Waals surface area contributed by atoms with Gasteiger partial charge in [0.25, 0.3) is 0 Å². The molecule has 82 valence electrons. The summed E-state index contributed by atoms with van der Waals surface area (Å²) in [7, 11) is 0. The fraction of sp³-hybridized carbons (Fsp3) is 0. The van der Waals surface area contributed by atoms with Gasteiger partial charge < -0.3 is 5.73 Å². The lowest BCUT2D eigenvalue weighted by Crippen LogP contribution is -1.91. The Balaban J connectivity index is 2.48. The molecule has 0 aliphatic heterocycles. The highest BCUT2D eigenvalue weighted by Gasteiger charge is 2.03. The number of anilines is 1. The Labute approximate surface area is 100 Å². The van der Waals surface area contributed by atoms with E-state index < -0.39 is 0 Å². The van der Waals surface area contributed by atoms with Crippen LogP contribution < -0.4 is 5.73 Å². The molecule has 0 heterocycles. The van der Waals surface area contributed by atoms with Crippen molar-refractivity contribution in [1.29, 1.82) is 0 Å². The first-order valence-electron chi connectivity index (χ1n) is 5.63. The molecule has 1 heteroatoms. The van der Waals surface area contributed by atoms with Crippen LogP contribution in [0.4, 0.5) is 5.69 Å². The summed E-state index contributed by atoms with van der Waals surface area (Å²) in [6.45, 7) is 3.78. The minimum atomic E-state index is 0.809. The number of fused-ring (bicyclic) bond motifs is 2. The standard InChI is InChI=1S/C16H13N/c1-2-11-7-8-14-9-12-5-3-4-6-13(12)10-15(14)16(11)17/h2-10H,1,17H2. The SMILES string of the molecule is C=Cc1ccc2cc3ccccc3cc2c1N. The highest BCUT2D eigenvalue weighted by atomic mass is 14.6. The van der Waals surface area contributed by atoms with Crippen molar-refractivity contribution in [2.45, 2.75) is 0 Å². The van der Waals surface area contributed by atoms with E-state index in [0.29, 0.717) is 0 Å². The Morgan fingerprint density at radius 3 is 2.29 bits per heavy atom. The zero-order chi connectivity index (χ0) is 11.8. The molecule has 1 nitrogen and oxygen atoms in total. The molecule has 3 rings (SSSR count). The predicted octanol–water partition coefficient (Wildman–Crippen LogP) is 4.22. The van der Waals surface area contributed by atoms with E-state index in [1.54, 1.807) is 6.08 Å². The predicted molar refractivity (Wildman–Crippen MR) is 76.0 cm³/mol. The molecule has 0 bridgehead atoms. The minimum absolute atomic E-state index is 0.809. The van der Waals surface area contributed by atoms with Gasteiger partial charge in [-0.1, -0.05) is 49.1 Å². The van der Waals surface area contributed by atoms with Gasteiger partial charge in [0.15, 0.2) is 0 Å². The zero-order valence-electron chi connectivity index (χ0n) is 9.48. The Morgan fingerprint density at radius 2 is 1.59 bits per heavy atom. The molecular weight excluding hydrogens is 206 g/mol. The number of nitrogens with two attached hydrogens (primary N) is 1. The van der Waals surface area contributed by atoms with Crippen LogP contribution in [-0.2, 0) is 0 Å². The molecule has 3 aromatic carbocycles. The second kappa shape index (κ2) is 3.63. The fourth-order valence-corrected chi connectivity index (χ4v) is 2.23. The highest BCUT2D eigenvalue weighted by Crippen LogP contribution is 2.29. The van der Waals surface area contributed by atoms with Crippen LogP contribution in [0.25, 0.3) is 27.6 Å². The molecule has 2 N–H and O–H groups in total. The van der Waals surface area contributed by atoms with Crippen LogP contribution in [0.5, 0.6) is 0 Å². The van der Waals surface area contributed by atoms with E-state index >= 15 is 0 Å². The topological polar surface area (TPSA) is 26.0 Å². The van der Waals surface area contributed by atoms with E-state index in [2.05, 4.69) is 43.0 Å². The van der Waals surface area contributed by atoms with Crippen molar-refractivity contribution in [3.63, 3.8) is 0 Å². The number of nitrogen functional groups attached to an aromatic ring is 1. The van der Waals surface area contributed by atoms with Crippen LogP contribution in [0, 0.1) is 0 Å². The summed E-state index contributed by atoms with van der Waals surface area (Å²) < 4.78 is 0. The molecule has 0 atom stereocenters. The van der Waals surface area contributed by atoms with Gasteiger partial charge in [0, 0.05) is 11.1 Å². The number of hydrogen-bond acceptors (Lipinski definition) is 1. The summed E-state index contributed by atoms with van der Waals surface area (Å²) in [5, 5.41) is 4.73. The smallest absolute Gasteiger partial charge is 0.0467 e. The number of benzene rings is 3. The third-order valence-corrected chi connectivity index (χ3v) is 3.18. The molecule has 0 aromatic heterocycles. The van der Waals surface area contributed by atoms with Gasteiger partial charge in [0.2, 0.25) is 0 Å². The van der Waals surface area contributed by atoms with Crippen LogP contribution in [-0.4, -0.2) is 0 Å². The van der Waals surface area contributed by atoms with Gasteiger partial charge in [-0.05, 0) is 33.9 Å². The summed E-state index contributed by atoms with van der Waals surface area (Å²) >= 11 is 0. The van der Waals surface area contributed by atoms with Crippen molar-refractivity contribution >= 4 is 33.3 Å². The quantitative estimate of drug-likeness (QED) is 0.481. The molecule has 0 fully saturated rings. The molecule has 0 saturated carbocycles. The van der Waals surface area contributed by atoms with Crippen molar-refractivity contribution in [2.75, 3.05) is 5.73 Å². The van der Waals surface area contributed by atoms with Gasteiger partial charge in [-0.25, -0.2) is 0 Å². The van der Waals surface area contributed by atoms with Gasteiger partial charge >= 0.3 is 0 Å². The normalized spacial score (nSPS) is 10.8. The van der Waals surface area contributed by atoms with Crippen LogP contribution in [0.3, 0.4) is 0 Å².